The van der Waals surface area contributed by atoms with Crippen LogP contribution in [0.4, 0.5) is 0 Å². The van der Waals surface area contributed by atoms with Gasteiger partial charge in [-0.25, -0.2) is 0 Å². The highest BCUT2D eigenvalue weighted by atomic mass is 16.5. The van der Waals surface area contributed by atoms with Crippen molar-refractivity contribution in [1.82, 2.24) is 20.0 Å². The number of methoxy groups -OCH3 is 3. The first kappa shape index (κ1) is 21.8. The van der Waals surface area contributed by atoms with Crippen molar-refractivity contribution in [1.29, 1.82) is 0 Å². The van der Waals surface area contributed by atoms with E-state index in [0.29, 0.717) is 30.4 Å². The molecule has 164 valence electrons. The average Bonchev–Trinajstić information content (AvgIpc) is 3.22. The number of nitrogens with zero attached hydrogens (tertiary/aromatic N) is 4. The smallest absolute Gasteiger partial charge is 0.203 e. The third kappa shape index (κ3) is 4.79. The van der Waals surface area contributed by atoms with E-state index in [1.54, 1.807) is 33.1 Å². The molecule has 9 heteroatoms. The number of rotatable bonds is 7. The molecular formula is C21H31N5O4. The molecule has 1 aliphatic heterocycles. The first-order chi connectivity index (χ1) is 14.6. The number of aromatic nitrogens is 2. The van der Waals surface area contributed by atoms with Crippen LogP contribution in [0.15, 0.2) is 29.5 Å². The molecule has 0 saturated carbocycles. The highest BCUT2D eigenvalue weighted by Gasteiger charge is 2.25. The molecule has 3 rings (SSSR count). The fourth-order valence-electron chi connectivity index (χ4n) is 3.65. The van der Waals surface area contributed by atoms with Gasteiger partial charge in [0.2, 0.25) is 5.75 Å². The highest BCUT2D eigenvalue weighted by molar-refractivity contribution is 5.80. The molecule has 0 bridgehead atoms. The molecule has 1 saturated heterocycles. The van der Waals surface area contributed by atoms with Crippen molar-refractivity contribution in [3.8, 4) is 17.2 Å². The minimum atomic E-state index is -0.0167. The summed E-state index contributed by atoms with van der Waals surface area (Å²) in [6.45, 7) is 2.86. The predicted octanol–water partition coefficient (Wildman–Crippen LogP) is 1.64. The fourth-order valence-corrected chi connectivity index (χ4v) is 3.65. The number of aryl methyl sites for hydroxylation is 1. The van der Waals surface area contributed by atoms with Gasteiger partial charge in [0.05, 0.1) is 40.7 Å². The van der Waals surface area contributed by atoms with Gasteiger partial charge in [0, 0.05) is 44.5 Å². The molecule has 0 aliphatic carbocycles. The lowest BCUT2D eigenvalue weighted by Gasteiger charge is -2.34. The maximum absolute atomic E-state index is 5.93. The second-order valence-electron chi connectivity index (χ2n) is 6.97. The lowest BCUT2D eigenvalue weighted by Crippen LogP contribution is -2.48. The van der Waals surface area contributed by atoms with Crippen LogP contribution in [-0.4, -0.2) is 75.3 Å². The summed E-state index contributed by atoms with van der Waals surface area (Å²) in [5.41, 5.74) is 2.11. The Kier molecular flexibility index (Phi) is 7.40. The van der Waals surface area contributed by atoms with Gasteiger partial charge < -0.3 is 29.2 Å². The Bertz CT molecular complexity index is 867. The molecule has 0 radical (unpaired) electrons. The number of benzene rings is 1. The molecule has 1 unspecified atom stereocenters. The monoisotopic (exact) mass is 417 g/mol. The zero-order chi connectivity index (χ0) is 21.5. The van der Waals surface area contributed by atoms with E-state index in [4.69, 9.17) is 18.9 Å². The summed E-state index contributed by atoms with van der Waals surface area (Å²) in [4.78, 5) is 6.67. The van der Waals surface area contributed by atoms with Crippen molar-refractivity contribution >= 4 is 5.96 Å². The second-order valence-corrected chi connectivity index (χ2v) is 6.97. The van der Waals surface area contributed by atoms with Gasteiger partial charge >= 0.3 is 0 Å². The number of ether oxygens (including phenoxy) is 4. The third-order valence-corrected chi connectivity index (χ3v) is 5.14. The SMILES string of the molecule is CN=C(NCCc1ccc(OC)c(OC)c1OC)N1CCOC(c2cnn(C)c2)C1. The van der Waals surface area contributed by atoms with Crippen LogP contribution < -0.4 is 19.5 Å². The normalized spacial score (nSPS) is 17.0. The van der Waals surface area contributed by atoms with Gasteiger partial charge in [0.15, 0.2) is 17.5 Å². The van der Waals surface area contributed by atoms with Crippen LogP contribution in [0, 0.1) is 0 Å². The van der Waals surface area contributed by atoms with Gasteiger partial charge in [-0.05, 0) is 12.5 Å². The fraction of sp³-hybridized carbons (Fsp3) is 0.524. The Hall–Kier alpha value is -2.94. The van der Waals surface area contributed by atoms with E-state index in [0.717, 1.165) is 36.6 Å². The standard InChI is InChI=1S/C21H31N5O4/c1-22-21(26-10-11-30-18(14-26)16-12-24-25(2)13-16)23-9-8-15-6-7-17(27-3)20(29-5)19(15)28-4/h6-7,12-13,18H,8-11,14H2,1-5H3,(H,22,23). The van der Waals surface area contributed by atoms with Crippen molar-refractivity contribution < 1.29 is 18.9 Å². The van der Waals surface area contributed by atoms with Gasteiger partial charge in [-0.2, -0.15) is 5.10 Å². The van der Waals surface area contributed by atoms with E-state index in [9.17, 15) is 0 Å². The molecule has 1 aromatic heterocycles. The summed E-state index contributed by atoms with van der Waals surface area (Å²) >= 11 is 0. The Balaban J connectivity index is 1.62. The Labute approximate surface area is 177 Å². The van der Waals surface area contributed by atoms with E-state index in [-0.39, 0.29) is 6.10 Å². The number of morpholine rings is 1. The largest absolute Gasteiger partial charge is 0.493 e. The molecule has 9 nitrogen and oxygen atoms in total. The maximum atomic E-state index is 5.93. The van der Waals surface area contributed by atoms with Crippen molar-refractivity contribution in [2.24, 2.45) is 12.0 Å². The minimum absolute atomic E-state index is 0.0167. The Morgan fingerprint density at radius 1 is 1.23 bits per heavy atom. The van der Waals surface area contributed by atoms with Crippen molar-refractivity contribution in [3.05, 3.63) is 35.7 Å². The summed E-state index contributed by atoms with van der Waals surface area (Å²) in [5.74, 6) is 2.80. The van der Waals surface area contributed by atoms with Crippen LogP contribution >= 0.6 is 0 Å². The number of nitrogens with one attached hydrogen (secondary N) is 1. The van der Waals surface area contributed by atoms with E-state index >= 15 is 0 Å². The summed E-state index contributed by atoms with van der Waals surface area (Å²) in [7, 11) is 8.57. The molecule has 0 amide bonds. The Morgan fingerprint density at radius 3 is 2.67 bits per heavy atom. The van der Waals surface area contributed by atoms with Crippen LogP contribution in [-0.2, 0) is 18.2 Å². The topological polar surface area (TPSA) is 82.4 Å². The number of hydrogen-bond acceptors (Lipinski definition) is 6. The minimum Gasteiger partial charge on any atom is -0.493 e. The molecule has 2 aromatic rings. The molecule has 0 spiro atoms. The summed E-state index contributed by atoms with van der Waals surface area (Å²) < 4.78 is 24.1. The average molecular weight is 418 g/mol. The van der Waals surface area contributed by atoms with Gasteiger partial charge in [-0.15, -0.1) is 0 Å². The van der Waals surface area contributed by atoms with Gasteiger partial charge in [-0.1, -0.05) is 6.07 Å². The van der Waals surface area contributed by atoms with Crippen LogP contribution in [0.1, 0.15) is 17.2 Å². The zero-order valence-electron chi connectivity index (χ0n) is 18.3. The van der Waals surface area contributed by atoms with Crippen LogP contribution in [0.25, 0.3) is 0 Å². The first-order valence-corrected chi connectivity index (χ1v) is 9.94. The Morgan fingerprint density at radius 2 is 2.03 bits per heavy atom. The van der Waals surface area contributed by atoms with E-state index in [1.165, 1.54) is 0 Å². The highest BCUT2D eigenvalue weighted by Crippen LogP contribution is 2.39. The van der Waals surface area contributed by atoms with Crippen LogP contribution in [0.5, 0.6) is 17.2 Å². The molecule has 1 atom stereocenters. The summed E-state index contributed by atoms with van der Waals surface area (Å²) in [6, 6.07) is 3.89. The van der Waals surface area contributed by atoms with Crippen molar-refractivity contribution in [2.45, 2.75) is 12.5 Å². The number of guanidine groups is 1. The lowest BCUT2D eigenvalue weighted by molar-refractivity contribution is -0.00800. The summed E-state index contributed by atoms with van der Waals surface area (Å²) in [5, 5.41) is 7.70. The molecule has 30 heavy (non-hydrogen) atoms. The predicted molar refractivity (Wildman–Crippen MR) is 115 cm³/mol. The molecular weight excluding hydrogens is 386 g/mol. The van der Waals surface area contributed by atoms with Crippen LogP contribution in [0.3, 0.4) is 0 Å². The summed E-state index contributed by atoms with van der Waals surface area (Å²) in [6.07, 6.45) is 4.58. The quantitative estimate of drug-likeness (QED) is 0.542. The second kappa shape index (κ2) is 10.2. The van der Waals surface area contributed by atoms with Crippen molar-refractivity contribution in [3.63, 3.8) is 0 Å². The van der Waals surface area contributed by atoms with Gasteiger partial charge in [0.25, 0.3) is 0 Å². The molecule has 1 aromatic carbocycles. The van der Waals surface area contributed by atoms with Gasteiger partial charge in [-0.3, -0.25) is 9.67 Å². The van der Waals surface area contributed by atoms with E-state index in [2.05, 4.69) is 20.3 Å². The van der Waals surface area contributed by atoms with E-state index < -0.39 is 0 Å². The molecule has 1 aliphatic rings. The lowest BCUT2D eigenvalue weighted by atomic mass is 10.1. The first-order valence-electron chi connectivity index (χ1n) is 9.94. The number of hydrogen-bond donors (Lipinski definition) is 1. The molecule has 1 N–H and O–H groups in total. The van der Waals surface area contributed by atoms with Gasteiger partial charge in [0.1, 0.15) is 6.10 Å². The maximum Gasteiger partial charge on any atom is 0.203 e. The number of aliphatic imine (C=N–C) groups is 1. The molecule has 2 heterocycles. The van der Waals surface area contributed by atoms with Crippen LogP contribution in [0.2, 0.25) is 0 Å². The molecule has 1 fully saturated rings. The van der Waals surface area contributed by atoms with Crippen molar-refractivity contribution in [2.75, 3.05) is 54.6 Å². The third-order valence-electron chi connectivity index (χ3n) is 5.14. The van der Waals surface area contributed by atoms with E-state index in [1.807, 2.05) is 31.6 Å². The zero-order valence-corrected chi connectivity index (χ0v) is 18.3.